The number of hydrogen-bond donors (Lipinski definition) is 1. The van der Waals surface area contributed by atoms with Crippen molar-refractivity contribution < 1.29 is 27.4 Å². The van der Waals surface area contributed by atoms with Gasteiger partial charge >= 0.3 is 0 Å². The van der Waals surface area contributed by atoms with E-state index < -0.39 is 15.9 Å². The lowest BCUT2D eigenvalue weighted by atomic mass is 10.2. The van der Waals surface area contributed by atoms with Gasteiger partial charge in [0.2, 0.25) is 21.7 Å². The predicted octanol–water partition coefficient (Wildman–Crippen LogP) is 1.32. The molecule has 0 aromatic heterocycles. The molecule has 136 valence electrons. The van der Waals surface area contributed by atoms with Crippen LogP contribution in [0.5, 0.6) is 17.2 Å². The Hall–Kier alpha value is -2.00. The maximum Gasteiger partial charge on any atom is 0.239 e. The van der Waals surface area contributed by atoms with Crippen LogP contribution in [-0.2, 0) is 14.8 Å². The van der Waals surface area contributed by atoms with E-state index in [4.69, 9.17) is 14.2 Å². The van der Waals surface area contributed by atoms with E-state index in [1.807, 2.05) is 0 Å². The SMILES string of the molecule is COc1cc(NC(=O)CN(C(C)C)S(C)(=O)=O)cc(OC)c1OC. The zero-order valence-electron chi connectivity index (χ0n) is 14.7. The average Bonchev–Trinajstić information content (AvgIpc) is 2.50. The third-order valence-corrected chi connectivity index (χ3v) is 4.65. The molecule has 0 saturated carbocycles. The molecule has 1 aromatic rings. The van der Waals surface area contributed by atoms with Crippen LogP contribution >= 0.6 is 0 Å². The van der Waals surface area contributed by atoms with Gasteiger partial charge in [0, 0.05) is 23.9 Å². The summed E-state index contributed by atoms with van der Waals surface area (Å²) in [5, 5.41) is 2.64. The van der Waals surface area contributed by atoms with E-state index in [2.05, 4.69) is 5.32 Å². The Labute approximate surface area is 142 Å². The Balaban J connectivity index is 3.02. The summed E-state index contributed by atoms with van der Waals surface area (Å²) in [5.41, 5.74) is 0.409. The molecule has 0 spiro atoms. The maximum absolute atomic E-state index is 12.2. The van der Waals surface area contributed by atoms with Gasteiger partial charge in [-0.2, -0.15) is 4.31 Å². The lowest BCUT2D eigenvalue weighted by Crippen LogP contribution is -2.41. The molecule has 8 nitrogen and oxygen atoms in total. The fourth-order valence-electron chi connectivity index (χ4n) is 2.18. The molecule has 1 N–H and O–H groups in total. The highest BCUT2D eigenvalue weighted by atomic mass is 32.2. The Kier molecular flexibility index (Phi) is 6.85. The van der Waals surface area contributed by atoms with Crippen molar-refractivity contribution in [1.82, 2.24) is 4.31 Å². The standard InChI is InChI=1S/C15H24N2O6S/c1-10(2)17(24(6,19)20)9-14(18)16-11-7-12(21-3)15(23-5)13(8-11)22-4/h7-8,10H,9H2,1-6H3,(H,16,18). The topological polar surface area (TPSA) is 94.2 Å². The first kappa shape index (κ1) is 20.0. The number of anilines is 1. The number of amides is 1. The highest BCUT2D eigenvalue weighted by molar-refractivity contribution is 7.88. The molecule has 0 unspecified atom stereocenters. The number of carbonyl (C=O) groups excluding carboxylic acids is 1. The van der Waals surface area contributed by atoms with Crippen molar-refractivity contribution >= 4 is 21.6 Å². The van der Waals surface area contributed by atoms with E-state index in [0.29, 0.717) is 22.9 Å². The van der Waals surface area contributed by atoms with Crippen LogP contribution in [0, 0.1) is 0 Å². The summed E-state index contributed by atoms with van der Waals surface area (Å²) in [7, 11) is 0.923. The van der Waals surface area contributed by atoms with Crippen LogP contribution in [0.1, 0.15) is 13.8 Å². The van der Waals surface area contributed by atoms with E-state index in [1.165, 1.54) is 21.3 Å². The lowest BCUT2D eigenvalue weighted by Gasteiger charge is -2.23. The van der Waals surface area contributed by atoms with Crippen molar-refractivity contribution in [2.24, 2.45) is 0 Å². The maximum atomic E-state index is 12.2. The number of rotatable bonds is 8. The number of methoxy groups -OCH3 is 3. The van der Waals surface area contributed by atoms with Crippen LogP contribution < -0.4 is 19.5 Å². The molecule has 1 aromatic carbocycles. The zero-order chi connectivity index (χ0) is 18.5. The number of carbonyl (C=O) groups is 1. The van der Waals surface area contributed by atoms with Crippen LogP contribution in [0.4, 0.5) is 5.69 Å². The van der Waals surface area contributed by atoms with Gasteiger partial charge in [-0.05, 0) is 13.8 Å². The van der Waals surface area contributed by atoms with Crippen LogP contribution in [0.25, 0.3) is 0 Å². The van der Waals surface area contributed by atoms with Gasteiger partial charge in [0.05, 0.1) is 34.1 Å². The summed E-state index contributed by atoms with van der Waals surface area (Å²) in [4.78, 5) is 12.2. The van der Waals surface area contributed by atoms with E-state index >= 15 is 0 Å². The van der Waals surface area contributed by atoms with E-state index in [0.717, 1.165) is 10.6 Å². The molecule has 9 heteroatoms. The third kappa shape index (κ3) is 5.00. The van der Waals surface area contributed by atoms with Gasteiger partial charge in [0.15, 0.2) is 11.5 Å². The van der Waals surface area contributed by atoms with E-state index in [1.54, 1.807) is 26.0 Å². The molecular formula is C15H24N2O6S. The summed E-state index contributed by atoms with van der Waals surface area (Å²) in [6.45, 7) is 3.12. The average molecular weight is 360 g/mol. The third-order valence-electron chi connectivity index (χ3n) is 3.25. The van der Waals surface area contributed by atoms with Crippen molar-refractivity contribution in [2.45, 2.75) is 19.9 Å². The number of ether oxygens (including phenoxy) is 3. The molecule has 0 aliphatic heterocycles. The second-order valence-electron chi connectivity index (χ2n) is 5.36. The summed E-state index contributed by atoms with van der Waals surface area (Å²) >= 11 is 0. The number of nitrogens with zero attached hydrogens (tertiary/aromatic N) is 1. The molecule has 0 bridgehead atoms. The zero-order valence-corrected chi connectivity index (χ0v) is 15.6. The number of nitrogens with one attached hydrogen (secondary N) is 1. The van der Waals surface area contributed by atoms with Crippen molar-refractivity contribution in [3.05, 3.63) is 12.1 Å². The molecule has 0 heterocycles. The fourth-order valence-corrected chi connectivity index (χ4v) is 3.30. The van der Waals surface area contributed by atoms with Gasteiger partial charge in [-0.3, -0.25) is 4.79 Å². The Morgan fingerprint density at radius 1 is 1.12 bits per heavy atom. The van der Waals surface area contributed by atoms with Crippen molar-refractivity contribution in [1.29, 1.82) is 0 Å². The van der Waals surface area contributed by atoms with Crippen LogP contribution in [0.15, 0.2) is 12.1 Å². The summed E-state index contributed by atoms with van der Waals surface area (Å²) in [6.07, 6.45) is 1.07. The highest BCUT2D eigenvalue weighted by Gasteiger charge is 2.23. The molecule has 24 heavy (non-hydrogen) atoms. The normalized spacial score (nSPS) is 11.5. The molecule has 1 rings (SSSR count). The summed E-state index contributed by atoms with van der Waals surface area (Å²) in [5.74, 6) is 0.702. The van der Waals surface area contributed by atoms with Crippen molar-refractivity contribution in [3.8, 4) is 17.2 Å². The van der Waals surface area contributed by atoms with Crippen LogP contribution in [-0.4, -0.2) is 58.8 Å². The molecule has 0 saturated heterocycles. The summed E-state index contributed by atoms with van der Waals surface area (Å²) < 4.78 is 40.2. The molecule has 0 aliphatic carbocycles. The molecule has 0 fully saturated rings. The molecule has 1 amide bonds. The first-order valence-electron chi connectivity index (χ1n) is 7.20. The predicted molar refractivity (Wildman–Crippen MR) is 91.4 cm³/mol. The van der Waals surface area contributed by atoms with Gasteiger partial charge in [0.1, 0.15) is 0 Å². The summed E-state index contributed by atoms with van der Waals surface area (Å²) in [6, 6.07) is 2.81. The number of benzene rings is 1. The molecular weight excluding hydrogens is 336 g/mol. The van der Waals surface area contributed by atoms with Crippen molar-refractivity contribution in [2.75, 3.05) is 39.4 Å². The monoisotopic (exact) mass is 360 g/mol. The minimum atomic E-state index is -3.48. The van der Waals surface area contributed by atoms with Crippen LogP contribution in [0.3, 0.4) is 0 Å². The molecule has 0 radical (unpaired) electrons. The number of hydrogen-bond acceptors (Lipinski definition) is 6. The fraction of sp³-hybridized carbons (Fsp3) is 0.533. The lowest BCUT2D eigenvalue weighted by molar-refractivity contribution is -0.116. The van der Waals surface area contributed by atoms with Gasteiger partial charge < -0.3 is 19.5 Å². The second-order valence-corrected chi connectivity index (χ2v) is 7.30. The quantitative estimate of drug-likeness (QED) is 0.751. The van der Waals surface area contributed by atoms with Gasteiger partial charge in [-0.25, -0.2) is 8.42 Å². The smallest absolute Gasteiger partial charge is 0.239 e. The Morgan fingerprint density at radius 2 is 1.62 bits per heavy atom. The van der Waals surface area contributed by atoms with E-state index in [-0.39, 0.29) is 12.6 Å². The minimum Gasteiger partial charge on any atom is -0.493 e. The largest absolute Gasteiger partial charge is 0.493 e. The van der Waals surface area contributed by atoms with Gasteiger partial charge in [0.25, 0.3) is 0 Å². The highest BCUT2D eigenvalue weighted by Crippen LogP contribution is 2.39. The molecule has 0 atom stereocenters. The Bertz CT molecular complexity index is 662. The van der Waals surface area contributed by atoms with Gasteiger partial charge in [-0.1, -0.05) is 0 Å². The number of sulfonamides is 1. The van der Waals surface area contributed by atoms with Crippen LogP contribution in [0.2, 0.25) is 0 Å². The minimum absolute atomic E-state index is 0.285. The van der Waals surface area contributed by atoms with E-state index in [9.17, 15) is 13.2 Å². The van der Waals surface area contributed by atoms with Crippen molar-refractivity contribution in [3.63, 3.8) is 0 Å². The Morgan fingerprint density at radius 3 is 1.96 bits per heavy atom. The molecule has 0 aliphatic rings. The van der Waals surface area contributed by atoms with Gasteiger partial charge in [-0.15, -0.1) is 0 Å². The first-order valence-corrected chi connectivity index (χ1v) is 9.05. The first-order chi connectivity index (χ1) is 11.1. The second kappa shape index (κ2) is 8.20.